The first-order chi connectivity index (χ1) is 16.3. The van der Waals surface area contributed by atoms with E-state index < -0.39 is 17.7 Å². The zero-order valence-corrected chi connectivity index (χ0v) is 20.8. The van der Waals surface area contributed by atoms with Crippen LogP contribution in [0.2, 0.25) is 0 Å². The molecule has 0 spiro atoms. The number of aliphatic hydroxyl groups excluding tert-OH is 1. The summed E-state index contributed by atoms with van der Waals surface area (Å²) in [6.45, 7) is 10.9. The van der Waals surface area contributed by atoms with Crippen LogP contribution in [-0.2, 0) is 9.59 Å². The van der Waals surface area contributed by atoms with Gasteiger partial charge in [0.15, 0.2) is 0 Å². The number of carbonyl (C=O) groups is 2. The fourth-order valence-corrected chi connectivity index (χ4v) is 4.12. The van der Waals surface area contributed by atoms with Gasteiger partial charge in [-0.1, -0.05) is 32.4 Å². The molecule has 2 aromatic rings. The van der Waals surface area contributed by atoms with Crippen LogP contribution >= 0.6 is 0 Å². The molecular weight excluding hydrogens is 430 g/mol. The molecule has 1 amide bonds. The maximum atomic E-state index is 13.1. The summed E-state index contributed by atoms with van der Waals surface area (Å²) in [5.41, 5.74) is 2.18. The largest absolute Gasteiger partial charge is 0.507 e. The quantitative estimate of drug-likeness (QED) is 0.208. The minimum atomic E-state index is -0.667. The third kappa shape index (κ3) is 5.44. The summed E-state index contributed by atoms with van der Waals surface area (Å²) >= 11 is 0. The number of benzene rings is 2. The second kappa shape index (κ2) is 11.2. The normalized spacial score (nSPS) is 17.5. The van der Waals surface area contributed by atoms with Gasteiger partial charge in [0.25, 0.3) is 11.7 Å². The summed E-state index contributed by atoms with van der Waals surface area (Å²) in [5.74, 6) is 0.0196. The molecule has 182 valence electrons. The van der Waals surface area contributed by atoms with E-state index in [0.717, 1.165) is 29.7 Å². The summed E-state index contributed by atoms with van der Waals surface area (Å²) in [7, 11) is 0. The van der Waals surface area contributed by atoms with Crippen LogP contribution in [0.1, 0.15) is 69.7 Å². The number of aryl methyl sites for hydroxylation is 1. The van der Waals surface area contributed by atoms with Crippen LogP contribution in [0.3, 0.4) is 0 Å². The molecule has 6 heteroatoms. The Hall–Kier alpha value is -3.28. The molecule has 1 unspecified atom stereocenters. The van der Waals surface area contributed by atoms with Crippen LogP contribution in [0.5, 0.6) is 11.5 Å². The number of aliphatic hydroxyl groups is 1. The predicted molar refractivity (Wildman–Crippen MR) is 133 cm³/mol. The third-order valence-corrected chi connectivity index (χ3v) is 5.78. The van der Waals surface area contributed by atoms with Crippen LogP contribution in [0.15, 0.2) is 48.0 Å². The highest BCUT2D eigenvalue weighted by Gasteiger charge is 2.45. The lowest BCUT2D eigenvalue weighted by atomic mass is 9.94. The van der Waals surface area contributed by atoms with E-state index in [1.807, 2.05) is 52.0 Å². The zero-order valence-electron chi connectivity index (χ0n) is 20.8. The van der Waals surface area contributed by atoms with Crippen molar-refractivity contribution in [3.05, 3.63) is 64.7 Å². The van der Waals surface area contributed by atoms with Crippen LogP contribution in [0, 0.1) is 6.92 Å². The number of ketones is 1. The summed E-state index contributed by atoms with van der Waals surface area (Å²) in [6, 6.07) is 12.0. The van der Waals surface area contributed by atoms with Gasteiger partial charge in [-0.25, -0.2) is 0 Å². The lowest BCUT2D eigenvalue weighted by Gasteiger charge is -2.25. The summed E-state index contributed by atoms with van der Waals surface area (Å²) in [6.07, 6.45) is 2.74. The number of hydrogen-bond donors (Lipinski definition) is 1. The number of carbonyl (C=O) groups excluding carboxylic acids is 2. The van der Waals surface area contributed by atoms with Gasteiger partial charge in [0.2, 0.25) is 0 Å². The third-order valence-electron chi connectivity index (χ3n) is 5.78. The van der Waals surface area contributed by atoms with Crippen molar-refractivity contribution in [3.8, 4) is 11.5 Å². The number of hydrogen-bond acceptors (Lipinski definition) is 5. The second-order valence-electron chi connectivity index (χ2n) is 8.91. The Morgan fingerprint density at radius 1 is 1.06 bits per heavy atom. The van der Waals surface area contributed by atoms with Crippen LogP contribution in [0.25, 0.3) is 5.76 Å². The monoisotopic (exact) mass is 465 g/mol. The molecular formula is C28H35NO5. The van der Waals surface area contributed by atoms with Gasteiger partial charge in [0, 0.05) is 12.1 Å². The SMILES string of the molecule is CCCCOc1ccc(C2/C(=C(/O)c3ccc(OC(C)C)c(C)c3)C(=O)C(=O)N2CCC)cc1. The Kier molecular flexibility index (Phi) is 8.37. The molecule has 0 radical (unpaired) electrons. The van der Waals surface area contributed by atoms with Crippen molar-refractivity contribution < 1.29 is 24.2 Å². The van der Waals surface area contributed by atoms with Gasteiger partial charge in [-0.2, -0.15) is 0 Å². The van der Waals surface area contributed by atoms with Crippen LogP contribution in [-0.4, -0.2) is 41.0 Å². The topological polar surface area (TPSA) is 76.1 Å². The number of amides is 1. The number of nitrogens with zero attached hydrogens (tertiary/aromatic N) is 1. The van der Waals surface area contributed by atoms with E-state index in [0.29, 0.717) is 30.9 Å². The Balaban J connectivity index is 2.02. The summed E-state index contributed by atoms with van der Waals surface area (Å²) in [4.78, 5) is 27.5. The molecule has 1 fully saturated rings. The zero-order chi connectivity index (χ0) is 24.8. The lowest BCUT2D eigenvalue weighted by molar-refractivity contribution is -0.139. The number of ether oxygens (including phenoxy) is 2. The van der Waals surface area contributed by atoms with Crippen molar-refractivity contribution in [1.82, 2.24) is 4.90 Å². The highest BCUT2D eigenvalue weighted by molar-refractivity contribution is 6.46. The summed E-state index contributed by atoms with van der Waals surface area (Å²) in [5, 5.41) is 11.2. The van der Waals surface area contributed by atoms with E-state index in [2.05, 4.69) is 6.92 Å². The van der Waals surface area contributed by atoms with Gasteiger partial charge in [-0.05, 0) is 75.1 Å². The highest BCUT2D eigenvalue weighted by atomic mass is 16.5. The highest BCUT2D eigenvalue weighted by Crippen LogP contribution is 2.40. The molecule has 1 aliphatic rings. The molecule has 1 heterocycles. The first-order valence-corrected chi connectivity index (χ1v) is 12.1. The van der Waals surface area contributed by atoms with E-state index in [4.69, 9.17) is 9.47 Å². The van der Waals surface area contributed by atoms with Crippen molar-refractivity contribution in [1.29, 1.82) is 0 Å². The first-order valence-electron chi connectivity index (χ1n) is 12.1. The molecule has 0 bridgehead atoms. The molecule has 1 saturated heterocycles. The van der Waals surface area contributed by atoms with E-state index in [9.17, 15) is 14.7 Å². The standard InChI is InChI=1S/C28H35NO5/c1-6-8-16-33-22-12-9-20(10-13-22)25-24(27(31)28(32)29(25)15-7-2)26(30)21-11-14-23(19(5)17-21)34-18(3)4/h9-14,17-18,25,30H,6-8,15-16H2,1-5H3/b26-24-. The molecule has 0 saturated carbocycles. The van der Waals surface area contributed by atoms with Gasteiger partial charge < -0.3 is 19.5 Å². The van der Waals surface area contributed by atoms with Gasteiger partial charge in [-0.3, -0.25) is 9.59 Å². The van der Waals surface area contributed by atoms with Gasteiger partial charge >= 0.3 is 0 Å². The Bertz CT molecular complexity index is 1050. The van der Waals surface area contributed by atoms with Crippen molar-refractivity contribution in [2.24, 2.45) is 0 Å². The van der Waals surface area contributed by atoms with Crippen LogP contribution in [0.4, 0.5) is 0 Å². The number of rotatable bonds is 10. The average molecular weight is 466 g/mol. The van der Waals surface area contributed by atoms with Crippen molar-refractivity contribution in [2.45, 2.75) is 66.0 Å². The minimum Gasteiger partial charge on any atom is -0.507 e. The smallest absolute Gasteiger partial charge is 0.295 e. The maximum Gasteiger partial charge on any atom is 0.295 e. The lowest BCUT2D eigenvalue weighted by Crippen LogP contribution is -2.30. The Morgan fingerprint density at radius 3 is 2.35 bits per heavy atom. The van der Waals surface area contributed by atoms with E-state index >= 15 is 0 Å². The van der Waals surface area contributed by atoms with Crippen molar-refractivity contribution in [3.63, 3.8) is 0 Å². The molecule has 1 atom stereocenters. The second-order valence-corrected chi connectivity index (χ2v) is 8.91. The molecule has 3 rings (SSSR count). The van der Waals surface area contributed by atoms with E-state index in [1.54, 1.807) is 23.1 Å². The minimum absolute atomic E-state index is 0.0199. The Morgan fingerprint density at radius 2 is 1.76 bits per heavy atom. The van der Waals surface area contributed by atoms with Gasteiger partial charge in [-0.15, -0.1) is 0 Å². The average Bonchev–Trinajstić information content (AvgIpc) is 3.05. The van der Waals surface area contributed by atoms with Crippen molar-refractivity contribution >= 4 is 17.4 Å². The molecule has 2 aromatic carbocycles. The fourth-order valence-electron chi connectivity index (χ4n) is 4.12. The number of unbranched alkanes of at least 4 members (excludes halogenated alkanes) is 1. The van der Waals surface area contributed by atoms with E-state index in [-0.39, 0.29) is 17.4 Å². The molecule has 6 nitrogen and oxygen atoms in total. The number of Topliss-reactive ketones (excluding diaryl/α,β-unsaturated/α-hetero) is 1. The molecule has 34 heavy (non-hydrogen) atoms. The fraction of sp³-hybridized carbons (Fsp3) is 0.429. The molecule has 1 aliphatic heterocycles. The van der Waals surface area contributed by atoms with E-state index in [1.165, 1.54) is 0 Å². The number of likely N-dealkylation sites (tertiary alicyclic amines) is 1. The van der Waals surface area contributed by atoms with Gasteiger partial charge in [0.05, 0.1) is 24.3 Å². The molecule has 1 N–H and O–H groups in total. The molecule has 0 aliphatic carbocycles. The summed E-state index contributed by atoms with van der Waals surface area (Å²) < 4.78 is 11.5. The molecule has 0 aromatic heterocycles. The van der Waals surface area contributed by atoms with Crippen molar-refractivity contribution in [2.75, 3.05) is 13.2 Å². The predicted octanol–water partition coefficient (Wildman–Crippen LogP) is 5.79. The Labute approximate surface area is 202 Å². The van der Waals surface area contributed by atoms with Crippen LogP contribution < -0.4 is 9.47 Å². The van der Waals surface area contributed by atoms with Gasteiger partial charge in [0.1, 0.15) is 17.3 Å². The maximum absolute atomic E-state index is 13.1. The first kappa shape index (κ1) is 25.3.